The van der Waals surface area contributed by atoms with Crippen LogP contribution in [0.15, 0.2) is 122 Å². The minimum atomic E-state index is -0.103. The van der Waals surface area contributed by atoms with Crippen LogP contribution in [0.25, 0.3) is 22.1 Å². The van der Waals surface area contributed by atoms with Gasteiger partial charge in [-0.2, -0.15) is 15.0 Å². The third-order valence-corrected chi connectivity index (χ3v) is 10.8. The number of H-pyrrole nitrogens is 2. The molecule has 0 unspecified atom stereocenters. The van der Waals surface area contributed by atoms with E-state index in [9.17, 15) is 9.59 Å². The molecule has 0 atom stereocenters. The average Bonchev–Trinajstić information content (AvgIpc) is 4.03. The fourth-order valence-electron chi connectivity index (χ4n) is 7.21. The molecule has 4 aromatic heterocycles. The summed E-state index contributed by atoms with van der Waals surface area (Å²) in [4.78, 5) is 50.6. The van der Waals surface area contributed by atoms with Gasteiger partial charge in [-0.25, -0.2) is 4.98 Å². The van der Waals surface area contributed by atoms with E-state index in [4.69, 9.17) is 31.8 Å². The van der Waals surface area contributed by atoms with Crippen LogP contribution in [-0.4, -0.2) is 94.3 Å². The number of anilines is 11. The molecule has 10 rings (SSSR count). The van der Waals surface area contributed by atoms with Gasteiger partial charge in [-0.3, -0.25) is 9.59 Å². The molecule has 8 aromatic rings. The van der Waals surface area contributed by atoms with Gasteiger partial charge in [0.15, 0.2) is 0 Å². The second kappa shape index (κ2) is 21.8. The lowest BCUT2D eigenvalue weighted by atomic mass is 10.2. The summed E-state index contributed by atoms with van der Waals surface area (Å²) in [5.74, 6) is 1.47. The maximum atomic E-state index is 11.2. The summed E-state index contributed by atoms with van der Waals surface area (Å²) in [7, 11) is 0. The molecule has 6 heterocycles. The molecule has 2 aliphatic rings. The van der Waals surface area contributed by atoms with Gasteiger partial charge in [0.25, 0.3) is 0 Å². The number of carbonyl (C=O) groups is 2. The van der Waals surface area contributed by atoms with Crippen LogP contribution in [0, 0.1) is 0 Å². The maximum absolute atomic E-state index is 11.2. The minimum Gasteiger partial charge on any atom is -0.399 e. The first-order valence-corrected chi connectivity index (χ1v) is 22.0. The van der Waals surface area contributed by atoms with E-state index in [0.29, 0.717) is 28.6 Å². The van der Waals surface area contributed by atoms with Gasteiger partial charge in [0, 0.05) is 97.9 Å². The first-order chi connectivity index (χ1) is 32.6. The number of carbonyl (C=O) groups excluding carboxylic acids is 2. The average molecular weight is 923 g/mol. The third kappa shape index (κ3) is 12.7. The lowest BCUT2D eigenvalue weighted by molar-refractivity contribution is -0.115. The molecule has 19 heteroatoms. The van der Waals surface area contributed by atoms with Crippen molar-refractivity contribution >= 4 is 109 Å². The van der Waals surface area contributed by atoms with Crippen LogP contribution in [-0.2, 0) is 19.1 Å². The van der Waals surface area contributed by atoms with Crippen molar-refractivity contribution in [3.05, 3.63) is 127 Å². The molecule has 2 fully saturated rings. The molecule has 0 radical (unpaired) electrons. The predicted octanol–water partition coefficient (Wildman–Crippen LogP) is 8.66. The van der Waals surface area contributed by atoms with Gasteiger partial charge >= 0.3 is 0 Å². The zero-order valence-corrected chi connectivity index (χ0v) is 37.7. The lowest BCUT2D eigenvalue weighted by Crippen LogP contribution is -2.36. The van der Waals surface area contributed by atoms with E-state index in [-0.39, 0.29) is 11.8 Å². The van der Waals surface area contributed by atoms with Gasteiger partial charge in [-0.1, -0.05) is 11.6 Å². The van der Waals surface area contributed by atoms with Crippen LogP contribution in [0.2, 0.25) is 5.15 Å². The number of nitrogens with two attached hydrogens (primary N) is 1. The third-order valence-electron chi connectivity index (χ3n) is 10.5. The highest BCUT2D eigenvalue weighted by Crippen LogP contribution is 2.28. The van der Waals surface area contributed by atoms with Crippen molar-refractivity contribution in [2.45, 2.75) is 13.8 Å². The van der Waals surface area contributed by atoms with Crippen molar-refractivity contribution in [3.8, 4) is 0 Å². The van der Waals surface area contributed by atoms with E-state index in [1.807, 2.05) is 66.9 Å². The molecular formula is C48H51ClN14O4. The second-order valence-electron chi connectivity index (χ2n) is 15.4. The number of hydrogen-bond acceptors (Lipinski definition) is 14. The lowest BCUT2D eigenvalue weighted by Gasteiger charge is -2.28. The summed E-state index contributed by atoms with van der Waals surface area (Å²) in [6, 6.07) is 34.7. The van der Waals surface area contributed by atoms with Gasteiger partial charge in [0.1, 0.15) is 22.3 Å². The van der Waals surface area contributed by atoms with E-state index in [0.717, 1.165) is 103 Å². The van der Waals surface area contributed by atoms with Crippen molar-refractivity contribution in [1.82, 2.24) is 29.9 Å². The molecule has 0 spiro atoms. The Labute approximate surface area is 391 Å². The van der Waals surface area contributed by atoms with Crippen LogP contribution >= 0.6 is 11.6 Å². The first-order valence-electron chi connectivity index (χ1n) is 21.6. The highest BCUT2D eigenvalue weighted by atomic mass is 35.5. The predicted molar refractivity (Wildman–Crippen MR) is 267 cm³/mol. The number of benzene rings is 4. The zero-order valence-electron chi connectivity index (χ0n) is 37.0. The number of ether oxygens (including phenoxy) is 2. The number of nitrogens with zero attached hydrogens (tertiary/aromatic N) is 6. The number of aromatic amines is 2. The van der Waals surface area contributed by atoms with Crippen molar-refractivity contribution in [2.24, 2.45) is 0 Å². The topological polar surface area (TPSA) is 228 Å². The van der Waals surface area contributed by atoms with Crippen LogP contribution in [0.3, 0.4) is 0 Å². The monoisotopic (exact) mass is 922 g/mol. The summed E-state index contributed by atoms with van der Waals surface area (Å²) in [5, 5.41) is 17.4. The van der Waals surface area contributed by atoms with Crippen molar-refractivity contribution in [2.75, 3.05) is 94.7 Å². The Bertz CT molecular complexity index is 2880. The fourth-order valence-corrected chi connectivity index (χ4v) is 7.44. The SMILES string of the molecule is CC(=O)Nc1ccc(N)cc1.CC(=O)Nc1ccc(Nc2nc(Nc3ccc(N4CCOCC4)cc3)nc3[nH]ccc23)cc1.Clc1nc(Nc2ccc(N3CCOCC3)cc2)nc2[nH]ccc12. The molecule has 0 bridgehead atoms. The van der Waals surface area contributed by atoms with Crippen molar-refractivity contribution < 1.29 is 19.1 Å². The van der Waals surface area contributed by atoms with Crippen LogP contribution in [0.4, 0.5) is 63.2 Å². The van der Waals surface area contributed by atoms with E-state index in [2.05, 4.69) is 85.6 Å². The highest BCUT2D eigenvalue weighted by molar-refractivity contribution is 6.34. The molecule has 9 N–H and O–H groups in total. The highest BCUT2D eigenvalue weighted by Gasteiger charge is 2.14. The Morgan fingerprint density at radius 2 is 0.940 bits per heavy atom. The number of halogens is 1. The molecular weight excluding hydrogens is 872 g/mol. The number of nitrogen functional groups attached to an aromatic ring is 1. The standard InChI is InChI=1S/C24H25N7O2.C16H16ClN5O.C8H10N2O/c1-16(32)26-17-2-4-18(5-3-17)27-23-21-10-11-25-22(21)29-24(30-23)28-19-6-8-20(9-7-19)31-12-14-33-15-13-31;17-14-13-5-6-18-15(13)21-16(20-14)19-11-1-3-12(4-2-11)22-7-9-23-10-8-22;1-6(11)10-8-4-2-7(9)3-5-8/h2-11H,12-15H2,1H3,(H,26,32)(H3,25,27,28,29,30);1-6H,7-10H2,(H2,18,19,20,21);2-5H,9H2,1H3,(H,10,11). The smallest absolute Gasteiger partial charge is 0.231 e. The largest absolute Gasteiger partial charge is 0.399 e. The van der Waals surface area contributed by atoms with E-state index in [1.165, 1.54) is 25.2 Å². The van der Waals surface area contributed by atoms with Gasteiger partial charge in [-0.15, -0.1) is 0 Å². The van der Waals surface area contributed by atoms with Crippen LogP contribution < -0.4 is 42.1 Å². The second-order valence-corrected chi connectivity index (χ2v) is 15.8. The number of nitrogens with one attached hydrogen (secondary N) is 7. The van der Waals surface area contributed by atoms with Crippen LogP contribution in [0.5, 0.6) is 0 Å². The van der Waals surface area contributed by atoms with Gasteiger partial charge in [0.2, 0.25) is 23.7 Å². The van der Waals surface area contributed by atoms with E-state index >= 15 is 0 Å². The minimum absolute atomic E-state index is 0.0743. The van der Waals surface area contributed by atoms with Gasteiger partial charge < -0.3 is 61.6 Å². The molecule has 2 aliphatic heterocycles. The van der Waals surface area contributed by atoms with Crippen LogP contribution in [0.1, 0.15) is 13.8 Å². The Balaban J connectivity index is 0.000000154. The molecule has 0 aliphatic carbocycles. The van der Waals surface area contributed by atoms with E-state index in [1.54, 1.807) is 30.5 Å². The summed E-state index contributed by atoms with van der Waals surface area (Å²) < 4.78 is 10.8. The summed E-state index contributed by atoms with van der Waals surface area (Å²) in [5.41, 5.74) is 14.1. The fraction of sp³-hybridized carbons (Fsp3) is 0.208. The van der Waals surface area contributed by atoms with E-state index < -0.39 is 0 Å². The molecule has 2 amide bonds. The molecule has 67 heavy (non-hydrogen) atoms. The molecule has 4 aromatic carbocycles. The number of morpholine rings is 2. The van der Waals surface area contributed by atoms with Crippen molar-refractivity contribution in [3.63, 3.8) is 0 Å². The zero-order chi connectivity index (χ0) is 46.5. The number of aromatic nitrogens is 6. The Morgan fingerprint density at radius 3 is 1.43 bits per heavy atom. The number of fused-ring (bicyclic) bond motifs is 2. The Hall–Kier alpha value is -7.93. The number of amides is 2. The Kier molecular flexibility index (Phi) is 14.9. The maximum Gasteiger partial charge on any atom is 0.231 e. The van der Waals surface area contributed by atoms with Gasteiger partial charge in [0.05, 0.1) is 37.2 Å². The molecule has 0 saturated carbocycles. The normalized spacial score (nSPS) is 13.4. The van der Waals surface area contributed by atoms with Gasteiger partial charge in [-0.05, 0) is 109 Å². The molecule has 18 nitrogen and oxygen atoms in total. The Morgan fingerprint density at radius 1 is 0.537 bits per heavy atom. The number of rotatable bonds is 10. The quantitative estimate of drug-likeness (QED) is 0.0474. The van der Waals surface area contributed by atoms with Crippen molar-refractivity contribution in [1.29, 1.82) is 0 Å². The number of hydrogen-bond donors (Lipinski definition) is 8. The summed E-state index contributed by atoms with van der Waals surface area (Å²) in [6.45, 7) is 9.69. The molecule has 2 saturated heterocycles. The summed E-state index contributed by atoms with van der Waals surface area (Å²) >= 11 is 6.17. The molecule has 344 valence electrons. The summed E-state index contributed by atoms with van der Waals surface area (Å²) in [6.07, 6.45) is 3.64. The first kappa shape index (κ1) is 45.6.